The van der Waals surface area contributed by atoms with Gasteiger partial charge in [0.05, 0.1) is 16.8 Å². The molecule has 0 unspecified atom stereocenters. The highest BCUT2D eigenvalue weighted by Crippen LogP contribution is 2.39. The van der Waals surface area contributed by atoms with Gasteiger partial charge in [0.25, 0.3) is 0 Å². The van der Waals surface area contributed by atoms with Gasteiger partial charge in [-0.1, -0.05) is 6.08 Å². The maximum Gasteiger partial charge on any atom is 0.492 e. The normalized spacial score (nSPS) is 19.0. The molecular formula is C20H28BF3N2O4. The predicted molar refractivity (Wildman–Crippen MR) is 108 cm³/mol. The second-order valence-electron chi connectivity index (χ2n) is 9.17. The van der Waals surface area contributed by atoms with Crippen molar-refractivity contribution < 1.29 is 32.0 Å². The third-order valence-corrected chi connectivity index (χ3v) is 4.83. The van der Waals surface area contributed by atoms with Crippen molar-refractivity contribution >= 4 is 19.3 Å². The van der Waals surface area contributed by atoms with Crippen LogP contribution in [0.1, 0.15) is 59.6 Å². The minimum Gasteiger partial charge on any atom is -0.444 e. The molecule has 0 saturated carbocycles. The Morgan fingerprint density at radius 2 is 1.73 bits per heavy atom. The van der Waals surface area contributed by atoms with Gasteiger partial charge in [0.2, 0.25) is 0 Å². The molecule has 0 aliphatic carbocycles. The molecule has 1 N–H and O–H groups in total. The molecule has 1 aliphatic rings. The number of hydrogen-bond donors (Lipinski definition) is 1. The zero-order valence-electron chi connectivity index (χ0n) is 18.3. The van der Waals surface area contributed by atoms with E-state index in [2.05, 4.69) is 10.3 Å². The van der Waals surface area contributed by atoms with Crippen molar-refractivity contribution in [1.82, 2.24) is 10.3 Å². The molecule has 0 bridgehead atoms. The maximum atomic E-state index is 13.0. The molecule has 1 amide bonds. The lowest BCUT2D eigenvalue weighted by Gasteiger charge is -2.32. The van der Waals surface area contributed by atoms with E-state index in [4.69, 9.17) is 14.0 Å². The highest BCUT2D eigenvalue weighted by molar-refractivity contribution is 6.56. The molecule has 166 valence electrons. The Labute approximate surface area is 175 Å². The summed E-state index contributed by atoms with van der Waals surface area (Å²) in [6, 6.07) is 0.978. The lowest BCUT2D eigenvalue weighted by Crippen LogP contribution is -2.41. The molecule has 30 heavy (non-hydrogen) atoms. The van der Waals surface area contributed by atoms with Crippen LogP contribution in [0.2, 0.25) is 0 Å². The van der Waals surface area contributed by atoms with Crippen LogP contribution in [0.25, 0.3) is 6.08 Å². The summed E-state index contributed by atoms with van der Waals surface area (Å²) in [6.45, 7) is 12.6. The topological polar surface area (TPSA) is 69.7 Å². The average Bonchev–Trinajstić information content (AvgIpc) is 2.77. The number of carbonyl (C=O) groups is 1. The van der Waals surface area contributed by atoms with Gasteiger partial charge in [0.15, 0.2) is 0 Å². The van der Waals surface area contributed by atoms with E-state index in [1.165, 1.54) is 12.3 Å². The van der Waals surface area contributed by atoms with Crippen LogP contribution in [0.4, 0.5) is 18.0 Å². The molecule has 10 heteroatoms. The number of pyridine rings is 1. The smallest absolute Gasteiger partial charge is 0.444 e. The van der Waals surface area contributed by atoms with Crippen LogP contribution in [-0.2, 0) is 20.2 Å². The van der Waals surface area contributed by atoms with Gasteiger partial charge >= 0.3 is 19.4 Å². The number of amides is 1. The van der Waals surface area contributed by atoms with Gasteiger partial charge in [0, 0.05) is 18.9 Å². The third kappa shape index (κ3) is 6.22. The number of halogens is 3. The van der Waals surface area contributed by atoms with Crippen LogP contribution in [0.5, 0.6) is 0 Å². The molecule has 1 saturated heterocycles. The van der Waals surface area contributed by atoms with Crippen LogP contribution in [0.15, 0.2) is 23.9 Å². The fourth-order valence-corrected chi connectivity index (χ4v) is 2.59. The molecule has 1 aliphatic heterocycles. The number of nitrogens with zero attached hydrogens (tertiary/aromatic N) is 1. The lowest BCUT2D eigenvalue weighted by molar-refractivity contribution is -0.137. The first-order valence-electron chi connectivity index (χ1n) is 9.55. The van der Waals surface area contributed by atoms with Crippen molar-refractivity contribution in [2.45, 2.75) is 71.4 Å². The largest absolute Gasteiger partial charge is 0.492 e. The van der Waals surface area contributed by atoms with Gasteiger partial charge in [-0.15, -0.1) is 0 Å². The molecule has 1 aromatic rings. The first-order valence-corrected chi connectivity index (χ1v) is 9.55. The molecule has 2 heterocycles. The zero-order valence-corrected chi connectivity index (χ0v) is 18.3. The van der Waals surface area contributed by atoms with Crippen molar-refractivity contribution in [3.8, 4) is 0 Å². The van der Waals surface area contributed by atoms with Crippen molar-refractivity contribution in [2.75, 3.05) is 6.54 Å². The standard InChI is InChI=1S/C20H28BF3N2O4/c1-17(2,3)28-16(27)26-12-15(21-29-18(4,5)19(6,7)30-21)9-13-8-14(11-25-10-13)20(22,23)24/h8-11H,12H2,1-7H3,(H,26,27). The second kappa shape index (κ2) is 8.22. The Balaban J connectivity index is 2.32. The molecule has 1 aromatic heterocycles. The van der Waals surface area contributed by atoms with E-state index >= 15 is 0 Å². The van der Waals surface area contributed by atoms with Crippen molar-refractivity contribution in [2.24, 2.45) is 0 Å². The van der Waals surface area contributed by atoms with Gasteiger partial charge in [-0.25, -0.2) is 4.79 Å². The molecular weight excluding hydrogens is 400 g/mol. The van der Waals surface area contributed by atoms with Gasteiger partial charge in [-0.2, -0.15) is 13.2 Å². The molecule has 0 atom stereocenters. The summed E-state index contributed by atoms with van der Waals surface area (Å²) in [5.74, 6) is 0. The van der Waals surface area contributed by atoms with E-state index in [1.807, 2.05) is 27.7 Å². The van der Waals surface area contributed by atoms with E-state index in [-0.39, 0.29) is 12.1 Å². The van der Waals surface area contributed by atoms with Crippen LogP contribution >= 0.6 is 0 Å². The SMILES string of the molecule is CC(C)(C)OC(=O)NCC(=Cc1cncc(C(F)(F)F)c1)B1OC(C)(C)C(C)(C)O1. The number of hydrogen-bond acceptors (Lipinski definition) is 5. The predicted octanol–water partition coefficient (Wildman–Crippen LogP) is 4.64. The molecule has 0 radical (unpaired) electrons. The fraction of sp³-hybridized carbons (Fsp3) is 0.600. The second-order valence-corrected chi connectivity index (χ2v) is 9.17. The first kappa shape index (κ1) is 24.2. The van der Waals surface area contributed by atoms with E-state index in [0.717, 1.165) is 12.3 Å². The highest BCUT2D eigenvalue weighted by atomic mass is 19.4. The number of ether oxygens (including phenoxy) is 1. The summed E-state index contributed by atoms with van der Waals surface area (Å²) in [7, 11) is -0.862. The fourth-order valence-electron chi connectivity index (χ4n) is 2.59. The van der Waals surface area contributed by atoms with E-state index in [9.17, 15) is 18.0 Å². The number of nitrogens with one attached hydrogen (secondary N) is 1. The van der Waals surface area contributed by atoms with Crippen LogP contribution in [0, 0.1) is 0 Å². The average molecular weight is 428 g/mol. The van der Waals surface area contributed by atoms with Gasteiger partial charge in [-0.3, -0.25) is 4.98 Å². The summed E-state index contributed by atoms with van der Waals surface area (Å²) in [5.41, 5.74) is -2.24. The number of rotatable bonds is 4. The number of aromatic nitrogens is 1. The van der Waals surface area contributed by atoms with Crippen molar-refractivity contribution in [1.29, 1.82) is 0 Å². The van der Waals surface area contributed by atoms with Crippen LogP contribution in [0.3, 0.4) is 0 Å². The maximum absolute atomic E-state index is 13.0. The van der Waals surface area contributed by atoms with Crippen LogP contribution in [-0.4, -0.2) is 41.5 Å². The molecule has 1 fully saturated rings. The van der Waals surface area contributed by atoms with Gasteiger partial charge in [0.1, 0.15) is 5.60 Å². The monoisotopic (exact) mass is 428 g/mol. The minimum atomic E-state index is -4.52. The summed E-state index contributed by atoms with van der Waals surface area (Å²) >= 11 is 0. The molecule has 2 rings (SSSR count). The minimum absolute atomic E-state index is 0.0397. The number of alkyl carbamates (subject to hydrolysis) is 1. The molecule has 0 spiro atoms. The Kier molecular flexibility index (Phi) is 6.64. The lowest BCUT2D eigenvalue weighted by atomic mass is 9.77. The Bertz CT molecular complexity index is 801. The highest BCUT2D eigenvalue weighted by Gasteiger charge is 2.52. The molecule has 6 nitrogen and oxygen atoms in total. The summed E-state index contributed by atoms with van der Waals surface area (Å²) in [5, 5.41) is 2.60. The Hall–Kier alpha value is -2.07. The van der Waals surface area contributed by atoms with Gasteiger partial charge in [-0.05, 0) is 65.6 Å². The Morgan fingerprint density at radius 1 is 1.17 bits per heavy atom. The van der Waals surface area contributed by atoms with Crippen molar-refractivity contribution in [3.05, 3.63) is 35.1 Å². The summed E-state index contributed by atoms with van der Waals surface area (Å²) < 4.78 is 56.3. The Morgan fingerprint density at radius 3 is 2.23 bits per heavy atom. The number of alkyl halides is 3. The summed E-state index contributed by atoms with van der Waals surface area (Å²) in [4.78, 5) is 15.7. The number of carbonyl (C=O) groups excluding carboxylic acids is 1. The summed E-state index contributed by atoms with van der Waals surface area (Å²) in [6.07, 6.45) is -1.65. The van der Waals surface area contributed by atoms with E-state index in [1.54, 1.807) is 20.8 Å². The van der Waals surface area contributed by atoms with Crippen LogP contribution < -0.4 is 5.32 Å². The third-order valence-electron chi connectivity index (χ3n) is 4.83. The van der Waals surface area contributed by atoms with E-state index in [0.29, 0.717) is 5.47 Å². The van der Waals surface area contributed by atoms with Gasteiger partial charge < -0.3 is 19.4 Å². The first-order chi connectivity index (χ1) is 13.5. The zero-order chi connectivity index (χ0) is 23.0. The van der Waals surface area contributed by atoms with Crippen molar-refractivity contribution in [3.63, 3.8) is 0 Å². The van der Waals surface area contributed by atoms with E-state index < -0.39 is 41.8 Å². The quantitative estimate of drug-likeness (QED) is 0.708. The molecule has 0 aromatic carbocycles.